The maximum absolute atomic E-state index is 13.0. The summed E-state index contributed by atoms with van der Waals surface area (Å²) in [5.41, 5.74) is 0.671. The Bertz CT molecular complexity index is 357. The molecule has 0 amide bonds. The van der Waals surface area contributed by atoms with Gasteiger partial charge in [-0.3, -0.25) is 0 Å². The van der Waals surface area contributed by atoms with Crippen LogP contribution in [0, 0.1) is 11.7 Å². The highest BCUT2D eigenvalue weighted by atomic mass is 35.5. The summed E-state index contributed by atoms with van der Waals surface area (Å²) in [5, 5.41) is 10.3. The van der Waals surface area contributed by atoms with Gasteiger partial charge in [0.15, 0.2) is 0 Å². The van der Waals surface area contributed by atoms with Crippen molar-refractivity contribution in [2.45, 2.75) is 26.4 Å². The molecule has 96 valence electrons. The fourth-order valence-electron chi connectivity index (χ4n) is 1.45. The predicted octanol–water partition coefficient (Wildman–Crippen LogP) is 3.77. The van der Waals surface area contributed by atoms with Crippen molar-refractivity contribution in [2.75, 3.05) is 11.5 Å². The van der Waals surface area contributed by atoms with Gasteiger partial charge < -0.3 is 5.11 Å². The van der Waals surface area contributed by atoms with Gasteiger partial charge >= 0.3 is 0 Å². The zero-order valence-corrected chi connectivity index (χ0v) is 11.7. The Balaban J connectivity index is 2.44. The number of aliphatic hydroxyl groups is 1. The van der Waals surface area contributed by atoms with Crippen molar-refractivity contribution in [3.8, 4) is 0 Å². The highest BCUT2D eigenvalue weighted by Gasteiger charge is 2.10. The van der Waals surface area contributed by atoms with Crippen molar-refractivity contribution < 1.29 is 9.50 Å². The molecular formula is C13H18ClFOS. The molecule has 4 heteroatoms. The first-order valence-corrected chi connectivity index (χ1v) is 7.22. The van der Waals surface area contributed by atoms with E-state index in [2.05, 4.69) is 13.8 Å². The van der Waals surface area contributed by atoms with Gasteiger partial charge in [-0.15, -0.1) is 0 Å². The molecule has 0 saturated carbocycles. The lowest BCUT2D eigenvalue weighted by atomic mass is 10.1. The van der Waals surface area contributed by atoms with E-state index in [9.17, 15) is 9.50 Å². The van der Waals surface area contributed by atoms with Gasteiger partial charge in [0.05, 0.1) is 6.10 Å². The molecule has 0 aliphatic heterocycles. The minimum Gasteiger partial charge on any atom is -0.392 e. The summed E-state index contributed by atoms with van der Waals surface area (Å²) in [5.74, 6) is 1.98. The van der Waals surface area contributed by atoms with Crippen molar-refractivity contribution >= 4 is 23.4 Å². The van der Waals surface area contributed by atoms with E-state index in [1.807, 2.05) is 0 Å². The normalized spacial score (nSPS) is 13.1. The van der Waals surface area contributed by atoms with Crippen LogP contribution >= 0.6 is 23.4 Å². The maximum atomic E-state index is 13.0. The smallest absolute Gasteiger partial charge is 0.123 e. The summed E-state index contributed by atoms with van der Waals surface area (Å²) >= 11 is 7.65. The summed E-state index contributed by atoms with van der Waals surface area (Å²) in [6.45, 7) is 4.28. The van der Waals surface area contributed by atoms with Crippen LogP contribution in [0.4, 0.5) is 4.39 Å². The second kappa shape index (κ2) is 7.24. The van der Waals surface area contributed by atoms with E-state index in [1.165, 1.54) is 18.2 Å². The van der Waals surface area contributed by atoms with Crippen molar-refractivity contribution in [3.63, 3.8) is 0 Å². The highest BCUT2D eigenvalue weighted by molar-refractivity contribution is 7.99. The summed E-state index contributed by atoms with van der Waals surface area (Å²) in [4.78, 5) is 0. The average molecular weight is 277 g/mol. The van der Waals surface area contributed by atoms with Crippen LogP contribution in [0.5, 0.6) is 0 Å². The number of rotatable bonds is 6. The number of hydrogen-bond acceptors (Lipinski definition) is 2. The lowest BCUT2D eigenvalue weighted by Crippen LogP contribution is -2.15. The van der Waals surface area contributed by atoms with Crippen LogP contribution in [-0.4, -0.2) is 22.7 Å². The van der Waals surface area contributed by atoms with E-state index in [1.54, 1.807) is 11.8 Å². The molecule has 1 rings (SSSR count). The Morgan fingerprint density at radius 1 is 1.35 bits per heavy atom. The molecule has 1 N–H and O–H groups in total. The zero-order valence-electron chi connectivity index (χ0n) is 10.1. The van der Waals surface area contributed by atoms with Crippen molar-refractivity contribution in [1.82, 2.24) is 0 Å². The maximum Gasteiger partial charge on any atom is 0.123 e. The first-order valence-electron chi connectivity index (χ1n) is 5.68. The first kappa shape index (κ1) is 14.8. The Hall–Kier alpha value is -0.250. The van der Waals surface area contributed by atoms with Crippen LogP contribution in [0.2, 0.25) is 5.02 Å². The van der Waals surface area contributed by atoms with Gasteiger partial charge in [-0.2, -0.15) is 11.8 Å². The van der Waals surface area contributed by atoms with Gasteiger partial charge in [-0.25, -0.2) is 4.39 Å². The van der Waals surface area contributed by atoms with Crippen molar-refractivity contribution in [3.05, 3.63) is 34.6 Å². The molecule has 0 aliphatic carbocycles. The lowest BCUT2D eigenvalue weighted by molar-refractivity contribution is 0.200. The van der Waals surface area contributed by atoms with Gasteiger partial charge in [0.25, 0.3) is 0 Å². The Morgan fingerprint density at radius 3 is 2.71 bits per heavy atom. The lowest BCUT2D eigenvalue weighted by Gasteiger charge is -2.12. The Morgan fingerprint density at radius 2 is 2.06 bits per heavy atom. The third-order valence-electron chi connectivity index (χ3n) is 2.22. The molecule has 1 unspecified atom stereocenters. The van der Waals surface area contributed by atoms with E-state index in [4.69, 9.17) is 11.6 Å². The summed E-state index contributed by atoms with van der Waals surface area (Å²) in [6.07, 6.45) is -0.0696. The van der Waals surface area contributed by atoms with E-state index < -0.39 is 6.10 Å². The van der Waals surface area contributed by atoms with E-state index >= 15 is 0 Å². The number of halogens is 2. The fourth-order valence-corrected chi connectivity index (χ4v) is 2.64. The number of benzene rings is 1. The molecule has 1 aromatic rings. The summed E-state index contributed by atoms with van der Waals surface area (Å²) in [6, 6.07) is 4.24. The van der Waals surface area contributed by atoms with E-state index in [0.29, 0.717) is 28.7 Å². The molecule has 0 aromatic heterocycles. The number of aliphatic hydroxyl groups excluding tert-OH is 1. The van der Waals surface area contributed by atoms with Crippen LogP contribution < -0.4 is 0 Å². The standard InChI is InChI=1S/C13H18ClFOS/c1-9(2)7-17-8-12(16)6-10-5-11(15)3-4-13(10)14/h3-5,9,12,16H,6-8H2,1-2H3. The molecule has 0 saturated heterocycles. The van der Waals surface area contributed by atoms with Crippen molar-refractivity contribution in [1.29, 1.82) is 0 Å². The minimum absolute atomic E-state index is 0.313. The fraction of sp³-hybridized carbons (Fsp3) is 0.538. The van der Waals surface area contributed by atoms with Gasteiger partial charge in [0.1, 0.15) is 5.82 Å². The van der Waals surface area contributed by atoms with Crippen LogP contribution in [-0.2, 0) is 6.42 Å². The Labute approximate surface area is 111 Å². The van der Waals surface area contributed by atoms with E-state index in [0.717, 1.165) is 5.75 Å². The van der Waals surface area contributed by atoms with Gasteiger partial charge in [0, 0.05) is 17.2 Å². The third kappa shape index (κ3) is 5.75. The number of hydrogen-bond donors (Lipinski definition) is 1. The quantitative estimate of drug-likeness (QED) is 0.853. The monoisotopic (exact) mass is 276 g/mol. The third-order valence-corrected chi connectivity index (χ3v) is 4.12. The van der Waals surface area contributed by atoms with Crippen LogP contribution in [0.1, 0.15) is 19.4 Å². The Kier molecular flexibility index (Phi) is 6.31. The van der Waals surface area contributed by atoms with Crippen LogP contribution in [0.15, 0.2) is 18.2 Å². The zero-order chi connectivity index (χ0) is 12.8. The first-order chi connectivity index (χ1) is 7.99. The van der Waals surface area contributed by atoms with Gasteiger partial charge in [-0.05, 0) is 35.4 Å². The molecule has 1 atom stereocenters. The molecule has 1 nitrogen and oxygen atoms in total. The minimum atomic E-state index is -0.474. The molecule has 17 heavy (non-hydrogen) atoms. The summed E-state index contributed by atoms with van der Waals surface area (Å²) in [7, 11) is 0. The number of thioether (sulfide) groups is 1. The van der Waals surface area contributed by atoms with Crippen molar-refractivity contribution in [2.24, 2.45) is 5.92 Å². The van der Waals surface area contributed by atoms with E-state index in [-0.39, 0.29) is 5.82 Å². The van der Waals surface area contributed by atoms with Gasteiger partial charge in [0.2, 0.25) is 0 Å². The predicted molar refractivity (Wildman–Crippen MR) is 73.3 cm³/mol. The summed E-state index contributed by atoms with van der Waals surface area (Å²) < 4.78 is 13.0. The second-order valence-electron chi connectivity index (χ2n) is 4.52. The van der Waals surface area contributed by atoms with Gasteiger partial charge in [-0.1, -0.05) is 25.4 Å². The SMILES string of the molecule is CC(C)CSCC(O)Cc1cc(F)ccc1Cl. The molecule has 0 fully saturated rings. The highest BCUT2D eigenvalue weighted by Crippen LogP contribution is 2.20. The van der Waals surface area contributed by atoms with Crippen LogP contribution in [0.25, 0.3) is 0 Å². The molecule has 0 radical (unpaired) electrons. The topological polar surface area (TPSA) is 20.2 Å². The molecule has 0 aliphatic rings. The molecular weight excluding hydrogens is 259 g/mol. The molecule has 1 aromatic carbocycles. The average Bonchev–Trinajstić information content (AvgIpc) is 2.23. The molecule has 0 heterocycles. The second-order valence-corrected chi connectivity index (χ2v) is 6.01. The van der Waals surface area contributed by atoms with Crippen LogP contribution in [0.3, 0.4) is 0 Å². The molecule has 0 spiro atoms. The molecule has 0 bridgehead atoms. The largest absolute Gasteiger partial charge is 0.392 e.